The molecule has 3 rings (SSSR count). The van der Waals surface area contributed by atoms with Crippen molar-refractivity contribution < 1.29 is 23.5 Å². The quantitative estimate of drug-likeness (QED) is 0.744. The highest BCUT2D eigenvalue weighted by Gasteiger charge is 2.21. The Hall–Kier alpha value is -3.09. The maximum absolute atomic E-state index is 12.4. The third-order valence-electron chi connectivity index (χ3n) is 4.86. The molecule has 0 radical (unpaired) electrons. The second-order valence-electron chi connectivity index (χ2n) is 7.08. The van der Waals surface area contributed by atoms with Gasteiger partial charge in [-0.2, -0.15) is 0 Å². The van der Waals surface area contributed by atoms with E-state index in [9.17, 15) is 14.4 Å². The predicted molar refractivity (Wildman–Crippen MR) is 103 cm³/mol. The fraction of sp³-hybridized carbons (Fsp3) is 0.381. The molecule has 148 valence electrons. The summed E-state index contributed by atoms with van der Waals surface area (Å²) in [6.45, 7) is 1.85. The van der Waals surface area contributed by atoms with E-state index in [1.54, 1.807) is 24.3 Å². The van der Waals surface area contributed by atoms with Gasteiger partial charge in [0.05, 0.1) is 17.5 Å². The van der Waals surface area contributed by atoms with Crippen LogP contribution in [0.5, 0.6) is 0 Å². The summed E-state index contributed by atoms with van der Waals surface area (Å²) in [5, 5.41) is 5.53. The first-order valence-electron chi connectivity index (χ1n) is 9.43. The first-order chi connectivity index (χ1) is 13.5. The number of benzene rings is 1. The van der Waals surface area contributed by atoms with E-state index in [1.165, 1.54) is 18.4 Å². The van der Waals surface area contributed by atoms with Gasteiger partial charge in [0.25, 0.3) is 11.8 Å². The van der Waals surface area contributed by atoms with Gasteiger partial charge in [-0.1, -0.05) is 19.1 Å². The number of para-hydroxylation sites is 1. The van der Waals surface area contributed by atoms with Crippen LogP contribution >= 0.6 is 0 Å². The Labute approximate surface area is 163 Å². The van der Waals surface area contributed by atoms with E-state index in [-0.39, 0.29) is 35.6 Å². The van der Waals surface area contributed by atoms with Crippen LogP contribution < -0.4 is 10.6 Å². The van der Waals surface area contributed by atoms with Crippen LogP contribution in [0.4, 0.5) is 5.69 Å². The molecule has 0 unspecified atom stereocenters. The van der Waals surface area contributed by atoms with Crippen molar-refractivity contribution in [3.63, 3.8) is 0 Å². The third-order valence-corrected chi connectivity index (χ3v) is 4.86. The first-order valence-corrected chi connectivity index (χ1v) is 9.43. The minimum Gasteiger partial charge on any atom is -0.459 e. The van der Waals surface area contributed by atoms with E-state index in [0.29, 0.717) is 5.92 Å². The second kappa shape index (κ2) is 9.21. The van der Waals surface area contributed by atoms with Gasteiger partial charge in [-0.05, 0) is 55.9 Å². The highest BCUT2D eigenvalue weighted by atomic mass is 16.5. The smallest absolute Gasteiger partial charge is 0.340 e. The van der Waals surface area contributed by atoms with Crippen molar-refractivity contribution in [1.29, 1.82) is 0 Å². The third kappa shape index (κ3) is 5.22. The monoisotopic (exact) mass is 384 g/mol. The maximum atomic E-state index is 12.4. The van der Waals surface area contributed by atoms with Gasteiger partial charge in [-0.3, -0.25) is 9.59 Å². The Balaban J connectivity index is 1.54. The minimum atomic E-state index is -0.678. The van der Waals surface area contributed by atoms with Gasteiger partial charge in [0, 0.05) is 6.04 Å². The average Bonchev–Trinajstić information content (AvgIpc) is 3.23. The van der Waals surface area contributed by atoms with Gasteiger partial charge in [0.2, 0.25) is 0 Å². The van der Waals surface area contributed by atoms with Gasteiger partial charge >= 0.3 is 5.97 Å². The SMILES string of the molecule is CC1CCC(NC(=O)COC(=O)c2ccccc2NC(=O)c2ccco2)CC1. The molecular weight excluding hydrogens is 360 g/mol. The van der Waals surface area contributed by atoms with Crippen LogP contribution in [0.25, 0.3) is 0 Å². The Bertz CT molecular complexity index is 823. The maximum Gasteiger partial charge on any atom is 0.340 e. The summed E-state index contributed by atoms with van der Waals surface area (Å²) >= 11 is 0. The molecule has 1 aliphatic carbocycles. The van der Waals surface area contributed by atoms with E-state index >= 15 is 0 Å². The molecule has 1 saturated carbocycles. The van der Waals surface area contributed by atoms with Crippen LogP contribution in [0.1, 0.15) is 53.5 Å². The molecular formula is C21H24N2O5. The van der Waals surface area contributed by atoms with Crippen molar-refractivity contribution in [2.24, 2.45) is 5.92 Å². The number of furan rings is 1. The lowest BCUT2D eigenvalue weighted by Crippen LogP contribution is -2.39. The second-order valence-corrected chi connectivity index (χ2v) is 7.08. The molecule has 1 fully saturated rings. The summed E-state index contributed by atoms with van der Waals surface area (Å²) in [7, 11) is 0. The predicted octanol–water partition coefficient (Wildman–Crippen LogP) is 3.38. The molecule has 0 atom stereocenters. The summed E-state index contributed by atoms with van der Waals surface area (Å²) in [5.41, 5.74) is 0.456. The number of nitrogens with one attached hydrogen (secondary N) is 2. The number of carbonyl (C=O) groups excluding carboxylic acids is 3. The standard InChI is InChI=1S/C21H24N2O5/c1-14-8-10-15(11-9-14)22-19(24)13-28-21(26)16-5-2-3-6-17(16)23-20(25)18-7-4-12-27-18/h2-7,12,14-15H,8-11,13H2,1H3,(H,22,24)(H,23,25). The van der Waals surface area contributed by atoms with Crippen molar-refractivity contribution in [3.05, 3.63) is 54.0 Å². The van der Waals surface area contributed by atoms with Crippen molar-refractivity contribution in [2.45, 2.75) is 38.6 Å². The molecule has 0 aliphatic heterocycles. The molecule has 1 aromatic heterocycles. The molecule has 1 aromatic carbocycles. The molecule has 2 N–H and O–H groups in total. The highest BCUT2D eigenvalue weighted by Crippen LogP contribution is 2.23. The Morgan fingerprint density at radius 3 is 2.54 bits per heavy atom. The zero-order valence-electron chi connectivity index (χ0n) is 15.8. The lowest BCUT2D eigenvalue weighted by Gasteiger charge is -2.26. The summed E-state index contributed by atoms with van der Waals surface area (Å²) in [6, 6.07) is 9.71. The van der Waals surface area contributed by atoms with Crippen molar-refractivity contribution >= 4 is 23.5 Å². The molecule has 0 spiro atoms. The van der Waals surface area contributed by atoms with Gasteiger partial charge in [-0.15, -0.1) is 0 Å². The fourth-order valence-corrected chi connectivity index (χ4v) is 3.24. The number of hydrogen-bond donors (Lipinski definition) is 2. The van der Waals surface area contributed by atoms with Crippen LogP contribution in [-0.2, 0) is 9.53 Å². The molecule has 2 aromatic rings. The molecule has 0 bridgehead atoms. The largest absolute Gasteiger partial charge is 0.459 e. The van der Waals surface area contributed by atoms with Gasteiger partial charge in [-0.25, -0.2) is 4.79 Å². The summed E-state index contributed by atoms with van der Waals surface area (Å²) in [4.78, 5) is 36.6. The van der Waals surface area contributed by atoms with Crippen LogP contribution in [0, 0.1) is 5.92 Å². The molecule has 7 heteroatoms. The van der Waals surface area contributed by atoms with Crippen molar-refractivity contribution in [1.82, 2.24) is 5.32 Å². The number of carbonyl (C=O) groups is 3. The average molecular weight is 384 g/mol. The van der Waals surface area contributed by atoms with E-state index < -0.39 is 11.9 Å². The van der Waals surface area contributed by atoms with E-state index in [4.69, 9.17) is 9.15 Å². The highest BCUT2D eigenvalue weighted by molar-refractivity contribution is 6.06. The number of amides is 2. The summed E-state index contributed by atoms with van der Waals surface area (Å²) < 4.78 is 10.2. The molecule has 0 saturated heterocycles. The Morgan fingerprint density at radius 1 is 1.07 bits per heavy atom. The van der Waals surface area contributed by atoms with E-state index in [0.717, 1.165) is 25.7 Å². The topological polar surface area (TPSA) is 97.6 Å². The number of hydrogen-bond acceptors (Lipinski definition) is 5. The van der Waals surface area contributed by atoms with Crippen molar-refractivity contribution in [2.75, 3.05) is 11.9 Å². The van der Waals surface area contributed by atoms with Crippen LogP contribution in [0.2, 0.25) is 0 Å². The Morgan fingerprint density at radius 2 is 1.82 bits per heavy atom. The Kier molecular flexibility index (Phi) is 6.47. The number of rotatable bonds is 6. The molecule has 7 nitrogen and oxygen atoms in total. The van der Waals surface area contributed by atoms with Crippen LogP contribution in [-0.4, -0.2) is 30.4 Å². The minimum absolute atomic E-state index is 0.129. The molecule has 1 aliphatic rings. The first kappa shape index (κ1) is 19.7. The molecule has 1 heterocycles. The lowest BCUT2D eigenvalue weighted by molar-refractivity contribution is -0.125. The van der Waals surface area contributed by atoms with E-state index in [2.05, 4.69) is 17.6 Å². The molecule has 2 amide bonds. The van der Waals surface area contributed by atoms with Gasteiger partial charge in [0.15, 0.2) is 12.4 Å². The van der Waals surface area contributed by atoms with Crippen LogP contribution in [0.15, 0.2) is 47.1 Å². The van der Waals surface area contributed by atoms with Gasteiger partial charge in [0.1, 0.15) is 0 Å². The summed E-state index contributed by atoms with van der Waals surface area (Å²) in [6.07, 6.45) is 5.46. The van der Waals surface area contributed by atoms with Gasteiger partial charge < -0.3 is 19.8 Å². The fourth-order valence-electron chi connectivity index (χ4n) is 3.24. The molecule has 28 heavy (non-hydrogen) atoms. The summed E-state index contributed by atoms with van der Waals surface area (Å²) in [5.74, 6) is -0.648. The normalized spacial score (nSPS) is 18.9. The van der Waals surface area contributed by atoms with Crippen LogP contribution in [0.3, 0.4) is 0 Å². The van der Waals surface area contributed by atoms with E-state index in [1.807, 2.05) is 0 Å². The number of esters is 1. The zero-order valence-corrected chi connectivity index (χ0v) is 15.8. The zero-order chi connectivity index (χ0) is 19.9. The lowest BCUT2D eigenvalue weighted by atomic mass is 9.87. The van der Waals surface area contributed by atoms with Crippen molar-refractivity contribution in [3.8, 4) is 0 Å². The number of ether oxygens (including phenoxy) is 1. The number of anilines is 1.